The van der Waals surface area contributed by atoms with Gasteiger partial charge in [0.25, 0.3) is 0 Å². The van der Waals surface area contributed by atoms with Gasteiger partial charge < -0.3 is 10.3 Å². The average molecular weight is 201 g/mol. The molecule has 0 saturated carbocycles. The lowest BCUT2D eigenvalue weighted by atomic mass is 9.96. The van der Waals surface area contributed by atoms with Gasteiger partial charge in [-0.3, -0.25) is 0 Å². The summed E-state index contributed by atoms with van der Waals surface area (Å²) in [6, 6.07) is 4.01. The van der Waals surface area contributed by atoms with Crippen molar-refractivity contribution in [3.63, 3.8) is 0 Å². The molecule has 0 saturated heterocycles. The summed E-state index contributed by atoms with van der Waals surface area (Å²) in [5.41, 5.74) is 9.71. The van der Waals surface area contributed by atoms with Gasteiger partial charge in [-0.2, -0.15) is 0 Å². The predicted molar refractivity (Wildman–Crippen MR) is 61.8 cm³/mol. The van der Waals surface area contributed by atoms with Crippen molar-refractivity contribution in [2.45, 2.75) is 25.7 Å². The normalized spacial score (nSPS) is 15.5. The quantitative estimate of drug-likeness (QED) is 0.708. The molecule has 0 radical (unpaired) electrons. The third kappa shape index (κ3) is 1.16. The summed E-state index contributed by atoms with van der Waals surface area (Å²) in [6.45, 7) is 0. The minimum atomic E-state index is 0.612. The first kappa shape index (κ1) is 8.77. The van der Waals surface area contributed by atoms with E-state index < -0.39 is 0 Å². The molecule has 0 amide bonds. The molecular weight excluding hydrogens is 186 g/mol. The van der Waals surface area contributed by atoms with Gasteiger partial charge in [0, 0.05) is 18.1 Å². The van der Waals surface area contributed by atoms with E-state index in [1.807, 2.05) is 6.07 Å². The Hall–Kier alpha value is -1.51. The van der Waals surface area contributed by atoms with Gasteiger partial charge in [0.15, 0.2) is 0 Å². The van der Waals surface area contributed by atoms with E-state index in [0.29, 0.717) is 5.82 Å². The zero-order valence-electron chi connectivity index (χ0n) is 8.95. The summed E-state index contributed by atoms with van der Waals surface area (Å²) in [4.78, 5) is 4.42. The molecule has 0 aromatic carbocycles. The number of hydrogen-bond donors (Lipinski definition) is 1. The maximum atomic E-state index is 5.73. The van der Waals surface area contributed by atoms with Crippen LogP contribution >= 0.6 is 0 Å². The zero-order valence-corrected chi connectivity index (χ0v) is 8.95. The van der Waals surface area contributed by atoms with E-state index in [9.17, 15) is 0 Å². The number of rotatable bonds is 0. The fourth-order valence-corrected chi connectivity index (χ4v) is 2.63. The molecule has 1 aliphatic carbocycles. The fourth-order valence-electron chi connectivity index (χ4n) is 2.63. The topological polar surface area (TPSA) is 43.8 Å². The number of pyridine rings is 1. The predicted octanol–water partition coefficient (Wildman–Crippen LogP) is 2.03. The van der Waals surface area contributed by atoms with Gasteiger partial charge in [0.05, 0.1) is 0 Å². The van der Waals surface area contributed by atoms with Crippen LogP contribution in [0.4, 0.5) is 5.82 Å². The summed E-state index contributed by atoms with van der Waals surface area (Å²) in [5, 5.41) is 1.29. The molecule has 15 heavy (non-hydrogen) atoms. The van der Waals surface area contributed by atoms with Crippen LogP contribution in [0.2, 0.25) is 0 Å². The van der Waals surface area contributed by atoms with Gasteiger partial charge in [0.1, 0.15) is 11.5 Å². The minimum absolute atomic E-state index is 0.612. The summed E-state index contributed by atoms with van der Waals surface area (Å²) in [5.74, 6) is 0.612. The van der Waals surface area contributed by atoms with Crippen molar-refractivity contribution in [1.29, 1.82) is 0 Å². The molecule has 3 heteroatoms. The second-order valence-corrected chi connectivity index (χ2v) is 4.30. The molecule has 0 unspecified atom stereocenters. The van der Waals surface area contributed by atoms with E-state index in [1.165, 1.54) is 42.3 Å². The third-order valence-electron chi connectivity index (χ3n) is 3.38. The molecular formula is C12H15N3. The Morgan fingerprint density at radius 3 is 2.93 bits per heavy atom. The van der Waals surface area contributed by atoms with Crippen LogP contribution in [-0.4, -0.2) is 9.55 Å². The van der Waals surface area contributed by atoms with Crippen LogP contribution in [0.25, 0.3) is 11.0 Å². The van der Waals surface area contributed by atoms with Crippen LogP contribution in [0.3, 0.4) is 0 Å². The lowest BCUT2D eigenvalue weighted by molar-refractivity contribution is 0.652. The molecule has 2 aromatic rings. The highest BCUT2D eigenvalue weighted by Gasteiger charge is 2.18. The van der Waals surface area contributed by atoms with E-state index in [2.05, 4.69) is 22.7 Å². The van der Waals surface area contributed by atoms with Crippen molar-refractivity contribution in [1.82, 2.24) is 9.55 Å². The largest absolute Gasteiger partial charge is 0.384 e. The highest BCUT2D eigenvalue weighted by Crippen LogP contribution is 2.30. The molecule has 1 aliphatic rings. The Labute approximate surface area is 88.9 Å². The molecule has 2 N–H and O–H groups in total. The van der Waals surface area contributed by atoms with E-state index in [0.717, 1.165) is 5.65 Å². The van der Waals surface area contributed by atoms with E-state index >= 15 is 0 Å². The molecule has 0 aliphatic heterocycles. The maximum absolute atomic E-state index is 5.73. The average Bonchev–Trinajstić information content (AvgIpc) is 2.54. The number of hydrogen-bond acceptors (Lipinski definition) is 2. The molecule has 0 bridgehead atoms. The van der Waals surface area contributed by atoms with Crippen molar-refractivity contribution in [3.05, 3.63) is 23.4 Å². The van der Waals surface area contributed by atoms with E-state index in [4.69, 9.17) is 5.73 Å². The zero-order chi connectivity index (χ0) is 10.4. The number of anilines is 1. The Morgan fingerprint density at radius 1 is 1.27 bits per heavy atom. The van der Waals surface area contributed by atoms with Crippen LogP contribution < -0.4 is 5.73 Å². The smallest absolute Gasteiger partial charge is 0.142 e. The van der Waals surface area contributed by atoms with Crippen LogP contribution in [0, 0.1) is 0 Å². The third-order valence-corrected chi connectivity index (χ3v) is 3.38. The number of aromatic nitrogens is 2. The van der Waals surface area contributed by atoms with Crippen LogP contribution in [0.5, 0.6) is 0 Å². The molecule has 3 rings (SSSR count). The van der Waals surface area contributed by atoms with Gasteiger partial charge in [-0.1, -0.05) is 0 Å². The van der Waals surface area contributed by atoms with Gasteiger partial charge in [-0.25, -0.2) is 4.98 Å². The molecule has 0 spiro atoms. The highest BCUT2D eigenvalue weighted by atomic mass is 15.0. The highest BCUT2D eigenvalue weighted by molar-refractivity contribution is 5.83. The maximum Gasteiger partial charge on any atom is 0.142 e. The lowest BCUT2D eigenvalue weighted by Crippen LogP contribution is -2.05. The molecule has 2 aromatic heterocycles. The van der Waals surface area contributed by atoms with E-state index in [-0.39, 0.29) is 0 Å². The Balaban J connectivity index is 2.38. The van der Waals surface area contributed by atoms with Crippen molar-refractivity contribution in [2.75, 3.05) is 5.73 Å². The first-order chi connectivity index (χ1) is 7.27. The molecule has 0 fully saturated rings. The van der Waals surface area contributed by atoms with E-state index in [1.54, 1.807) is 0 Å². The number of aryl methyl sites for hydroxylation is 2. The fraction of sp³-hybridized carbons (Fsp3) is 0.417. The second kappa shape index (κ2) is 2.99. The summed E-state index contributed by atoms with van der Waals surface area (Å²) in [7, 11) is 2.10. The van der Waals surface area contributed by atoms with Gasteiger partial charge in [0.2, 0.25) is 0 Å². The number of fused-ring (bicyclic) bond motifs is 3. The molecule has 0 atom stereocenters. The first-order valence-electron chi connectivity index (χ1n) is 5.50. The molecule has 2 heterocycles. The SMILES string of the molecule is Cn1c2c(c3ccc(N)nc31)CCCC2. The standard InChI is InChI=1S/C12H15N3/c1-15-10-5-3-2-4-8(10)9-6-7-11(13)14-12(9)15/h6-7H,2-5H2,1H3,(H2,13,14). The number of nitrogen functional groups attached to an aromatic ring is 1. The van der Waals surface area contributed by atoms with Crippen LogP contribution in [-0.2, 0) is 19.9 Å². The number of nitrogens with two attached hydrogens (primary N) is 1. The Bertz CT molecular complexity index is 525. The molecule has 3 nitrogen and oxygen atoms in total. The lowest BCUT2D eigenvalue weighted by Gasteiger charge is -2.12. The summed E-state index contributed by atoms with van der Waals surface area (Å²) < 4.78 is 2.21. The van der Waals surface area contributed by atoms with Crippen molar-refractivity contribution in [2.24, 2.45) is 7.05 Å². The first-order valence-corrected chi connectivity index (χ1v) is 5.50. The van der Waals surface area contributed by atoms with Gasteiger partial charge in [-0.05, 0) is 43.4 Å². The molecule has 78 valence electrons. The summed E-state index contributed by atoms with van der Waals surface area (Å²) in [6.07, 6.45) is 4.98. The number of nitrogens with zero attached hydrogens (tertiary/aromatic N) is 2. The van der Waals surface area contributed by atoms with Gasteiger partial charge in [-0.15, -0.1) is 0 Å². The monoisotopic (exact) mass is 201 g/mol. The van der Waals surface area contributed by atoms with Crippen molar-refractivity contribution in [3.8, 4) is 0 Å². The minimum Gasteiger partial charge on any atom is -0.384 e. The van der Waals surface area contributed by atoms with Gasteiger partial charge >= 0.3 is 0 Å². The second-order valence-electron chi connectivity index (χ2n) is 4.30. The Kier molecular flexibility index (Phi) is 1.75. The van der Waals surface area contributed by atoms with Crippen molar-refractivity contribution >= 4 is 16.9 Å². The Morgan fingerprint density at radius 2 is 2.07 bits per heavy atom. The van der Waals surface area contributed by atoms with Crippen LogP contribution in [0.15, 0.2) is 12.1 Å². The van der Waals surface area contributed by atoms with Crippen molar-refractivity contribution < 1.29 is 0 Å². The summed E-state index contributed by atoms with van der Waals surface area (Å²) >= 11 is 0. The van der Waals surface area contributed by atoms with Crippen LogP contribution in [0.1, 0.15) is 24.1 Å².